The van der Waals surface area contributed by atoms with Crippen LogP contribution in [-0.4, -0.2) is 17.6 Å². The molecule has 1 aromatic rings. The van der Waals surface area contributed by atoms with Crippen LogP contribution in [0.4, 0.5) is 5.69 Å². The van der Waals surface area contributed by atoms with Crippen molar-refractivity contribution in [2.24, 2.45) is 10.3 Å². The molecule has 5 heteroatoms. The number of hydrogen-bond acceptors (Lipinski definition) is 3. The Kier molecular flexibility index (Phi) is 4.13. The monoisotopic (exact) mass is 193 g/mol. The Morgan fingerprint density at radius 1 is 1.36 bits per heavy atom. The van der Waals surface area contributed by atoms with Gasteiger partial charge in [-0.2, -0.15) is 5.11 Å². The van der Waals surface area contributed by atoms with Crippen LogP contribution in [0.25, 0.3) is 0 Å². The average Bonchev–Trinajstić information content (AvgIpc) is 2.18. The van der Waals surface area contributed by atoms with Crippen molar-refractivity contribution < 1.29 is 9.90 Å². The van der Waals surface area contributed by atoms with Gasteiger partial charge in [0.2, 0.25) is 0 Å². The van der Waals surface area contributed by atoms with Crippen LogP contribution in [-0.2, 0) is 4.79 Å². The quantitative estimate of drug-likeness (QED) is 0.554. The highest BCUT2D eigenvalue weighted by atomic mass is 16.4. The van der Waals surface area contributed by atoms with Gasteiger partial charge in [0.1, 0.15) is 0 Å². The van der Waals surface area contributed by atoms with Crippen LogP contribution < -0.4 is 5.43 Å². The maximum Gasteiger partial charge on any atom is 0.305 e. The van der Waals surface area contributed by atoms with E-state index in [0.717, 1.165) is 5.69 Å². The van der Waals surface area contributed by atoms with Crippen LogP contribution in [0.3, 0.4) is 0 Å². The fourth-order valence-electron chi connectivity index (χ4n) is 0.801. The third-order valence-electron chi connectivity index (χ3n) is 1.45. The topological polar surface area (TPSA) is 74.0 Å². The Labute approximate surface area is 81.4 Å². The molecule has 0 radical (unpaired) electrons. The minimum absolute atomic E-state index is 0.0000301. The predicted octanol–water partition coefficient (Wildman–Crippen LogP) is 1.94. The van der Waals surface area contributed by atoms with Crippen LogP contribution in [0.5, 0.6) is 0 Å². The molecule has 0 saturated heterocycles. The molecular weight excluding hydrogens is 182 g/mol. The standard InChI is InChI=1S/C9H11N3O2/c13-9(14)6-7-10-12-11-8-4-2-1-3-5-8/h1-5H,6-7H2,(H,10,11)(H,13,14). The summed E-state index contributed by atoms with van der Waals surface area (Å²) in [6, 6.07) is 9.32. The lowest BCUT2D eigenvalue weighted by Gasteiger charge is -1.96. The number of nitrogens with zero attached hydrogens (tertiary/aromatic N) is 2. The Hall–Kier alpha value is -1.91. The van der Waals surface area contributed by atoms with Gasteiger partial charge in [0, 0.05) is 0 Å². The van der Waals surface area contributed by atoms with Crippen LogP contribution in [0.2, 0.25) is 0 Å². The highest BCUT2D eigenvalue weighted by Gasteiger charge is 1.92. The van der Waals surface area contributed by atoms with E-state index in [2.05, 4.69) is 15.8 Å². The molecule has 0 spiro atoms. The van der Waals surface area contributed by atoms with Gasteiger partial charge in [0.15, 0.2) is 0 Å². The molecule has 0 aromatic heterocycles. The zero-order valence-corrected chi connectivity index (χ0v) is 7.55. The van der Waals surface area contributed by atoms with Gasteiger partial charge >= 0.3 is 5.97 Å². The number of para-hydroxylation sites is 1. The molecule has 14 heavy (non-hydrogen) atoms. The third kappa shape index (κ3) is 4.20. The predicted molar refractivity (Wildman–Crippen MR) is 52.0 cm³/mol. The number of carboxylic acid groups (broad SMARTS) is 1. The lowest BCUT2D eigenvalue weighted by Crippen LogP contribution is -1.96. The molecule has 1 aromatic carbocycles. The fraction of sp³-hybridized carbons (Fsp3) is 0.222. The minimum atomic E-state index is -0.872. The molecule has 0 aliphatic heterocycles. The SMILES string of the molecule is O=C(O)CCN=NNc1ccccc1. The van der Waals surface area contributed by atoms with Crippen molar-refractivity contribution >= 4 is 11.7 Å². The fourth-order valence-corrected chi connectivity index (χ4v) is 0.801. The summed E-state index contributed by atoms with van der Waals surface area (Å²) in [4.78, 5) is 10.1. The maximum absolute atomic E-state index is 10.1. The Bertz CT molecular complexity index is 311. The van der Waals surface area contributed by atoms with Gasteiger partial charge in [-0.05, 0) is 12.1 Å². The van der Waals surface area contributed by atoms with E-state index in [0.29, 0.717) is 0 Å². The number of benzene rings is 1. The second-order valence-electron chi connectivity index (χ2n) is 2.59. The van der Waals surface area contributed by atoms with Crippen LogP contribution >= 0.6 is 0 Å². The molecule has 0 bridgehead atoms. The first-order valence-electron chi connectivity index (χ1n) is 4.18. The van der Waals surface area contributed by atoms with Crippen molar-refractivity contribution in [1.82, 2.24) is 0 Å². The number of hydrogen-bond donors (Lipinski definition) is 2. The number of nitrogens with one attached hydrogen (secondary N) is 1. The van der Waals surface area contributed by atoms with Gasteiger partial charge in [-0.3, -0.25) is 10.2 Å². The lowest BCUT2D eigenvalue weighted by atomic mass is 10.3. The molecule has 5 nitrogen and oxygen atoms in total. The summed E-state index contributed by atoms with van der Waals surface area (Å²) < 4.78 is 0. The maximum atomic E-state index is 10.1. The zero-order chi connectivity index (χ0) is 10.2. The summed E-state index contributed by atoms with van der Waals surface area (Å²) in [6.07, 6.45) is -0.0000301. The highest BCUT2D eigenvalue weighted by molar-refractivity contribution is 5.66. The van der Waals surface area contributed by atoms with Crippen LogP contribution in [0.15, 0.2) is 40.7 Å². The second-order valence-corrected chi connectivity index (χ2v) is 2.59. The molecule has 2 N–H and O–H groups in total. The normalized spacial score (nSPS) is 10.3. The van der Waals surface area contributed by atoms with Crippen molar-refractivity contribution in [3.63, 3.8) is 0 Å². The van der Waals surface area contributed by atoms with Crippen LogP contribution in [0, 0.1) is 0 Å². The molecule has 0 fully saturated rings. The van der Waals surface area contributed by atoms with E-state index in [1.54, 1.807) is 0 Å². The van der Waals surface area contributed by atoms with E-state index < -0.39 is 5.97 Å². The Morgan fingerprint density at radius 3 is 2.71 bits per heavy atom. The number of carboxylic acids is 1. The summed E-state index contributed by atoms with van der Waals surface area (Å²) in [7, 11) is 0. The van der Waals surface area contributed by atoms with Crippen LogP contribution in [0.1, 0.15) is 6.42 Å². The summed E-state index contributed by atoms with van der Waals surface area (Å²) in [6.45, 7) is 0.190. The first-order valence-corrected chi connectivity index (χ1v) is 4.18. The average molecular weight is 193 g/mol. The van der Waals surface area contributed by atoms with E-state index in [-0.39, 0.29) is 13.0 Å². The van der Waals surface area contributed by atoms with E-state index in [4.69, 9.17) is 5.11 Å². The van der Waals surface area contributed by atoms with Crippen molar-refractivity contribution in [2.75, 3.05) is 12.0 Å². The van der Waals surface area contributed by atoms with Crippen molar-refractivity contribution in [2.45, 2.75) is 6.42 Å². The van der Waals surface area contributed by atoms with Crippen molar-refractivity contribution in [1.29, 1.82) is 0 Å². The Balaban J connectivity index is 2.24. The molecule has 1 rings (SSSR count). The van der Waals surface area contributed by atoms with Crippen molar-refractivity contribution in [3.8, 4) is 0 Å². The summed E-state index contributed by atoms with van der Waals surface area (Å²) in [5.74, 6) is -0.872. The zero-order valence-electron chi connectivity index (χ0n) is 7.55. The smallest absolute Gasteiger partial charge is 0.305 e. The second kappa shape index (κ2) is 5.69. The molecule has 0 aliphatic rings. The van der Waals surface area contributed by atoms with Crippen molar-refractivity contribution in [3.05, 3.63) is 30.3 Å². The number of rotatable bonds is 5. The molecule has 0 heterocycles. The van der Waals surface area contributed by atoms with Gasteiger partial charge in [0.05, 0.1) is 18.7 Å². The number of carbonyl (C=O) groups is 1. The molecule has 0 amide bonds. The van der Waals surface area contributed by atoms with Gasteiger partial charge in [-0.15, -0.1) is 0 Å². The molecular formula is C9H11N3O2. The molecule has 0 aliphatic carbocycles. The minimum Gasteiger partial charge on any atom is -0.481 e. The summed E-state index contributed by atoms with van der Waals surface area (Å²) in [5, 5.41) is 15.6. The van der Waals surface area contributed by atoms with Gasteiger partial charge in [-0.25, -0.2) is 0 Å². The van der Waals surface area contributed by atoms with Gasteiger partial charge < -0.3 is 5.11 Å². The van der Waals surface area contributed by atoms with Gasteiger partial charge in [0.25, 0.3) is 0 Å². The number of aliphatic carboxylic acids is 1. The summed E-state index contributed by atoms with van der Waals surface area (Å²) >= 11 is 0. The first-order chi connectivity index (χ1) is 6.79. The van der Waals surface area contributed by atoms with E-state index in [1.807, 2.05) is 30.3 Å². The summed E-state index contributed by atoms with van der Waals surface area (Å²) in [5.41, 5.74) is 3.51. The number of anilines is 1. The first kappa shape index (κ1) is 10.2. The third-order valence-corrected chi connectivity index (χ3v) is 1.45. The molecule has 74 valence electrons. The van der Waals surface area contributed by atoms with E-state index in [1.165, 1.54) is 0 Å². The molecule has 0 atom stereocenters. The molecule has 0 saturated carbocycles. The van der Waals surface area contributed by atoms with Gasteiger partial charge in [-0.1, -0.05) is 23.4 Å². The molecule has 0 unspecified atom stereocenters. The van der Waals surface area contributed by atoms with E-state index in [9.17, 15) is 4.79 Å². The lowest BCUT2D eigenvalue weighted by molar-refractivity contribution is -0.136. The Morgan fingerprint density at radius 2 is 2.07 bits per heavy atom. The largest absolute Gasteiger partial charge is 0.481 e. The highest BCUT2D eigenvalue weighted by Crippen LogP contribution is 2.04. The van der Waals surface area contributed by atoms with E-state index >= 15 is 0 Å².